The first kappa shape index (κ1) is 21.4. The summed E-state index contributed by atoms with van der Waals surface area (Å²) in [5, 5.41) is 12.5. The molecular formula is C22H25ClN4OS. The van der Waals surface area contributed by atoms with Crippen LogP contribution in [0, 0.1) is 12.3 Å². The minimum absolute atomic E-state index is 0.107. The monoisotopic (exact) mass is 428 g/mol. The molecular weight excluding hydrogens is 404 g/mol. The lowest BCUT2D eigenvalue weighted by molar-refractivity contribution is -0.128. The smallest absolute Gasteiger partial charge is 0.227 e. The molecule has 1 N–H and O–H groups in total. The Kier molecular flexibility index (Phi) is 6.98. The van der Waals surface area contributed by atoms with Crippen molar-refractivity contribution >= 4 is 29.3 Å². The molecule has 0 saturated heterocycles. The molecule has 1 amide bonds. The molecule has 0 bridgehead atoms. The summed E-state index contributed by atoms with van der Waals surface area (Å²) in [5.74, 6) is 1.62. The van der Waals surface area contributed by atoms with E-state index in [2.05, 4.69) is 46.7 Å². The Morgan fingerprint density at radius 3 is 2.45 bits per heavy atom. The summed E-state index contributed by atoms with van der Waals surface area (Å²) in [7, 11) is 0. The van der Waals surface area contributed by atoms with Gasteiger partial charge in [-0.05, 0) is 38.5 Å². The molecule has 3 rings (SSSR count). The van der Waals surface area contributed by atoms with E-state index in [4.69, 9.17) is 11.6 Å². The largest absolute Gasteiger partial charge is 0.348 e. The van der Waals surface area contributed by atoms with Crippen LogP contribution in [0.4, 0.5) is 0 Å². The normalized spacial score (nSPS) is 11.4. The predicted molar refractivity (Wildman–Crippen MR) is 118 cm³/mol. The van der Waals surface area contributed by atoms with Gasteiger partial charge in [-0.2, -0.15) is 0 Å². The predicted octanol–water partition coefficient (Wildman–Crippen LogP) is 4.75. The van der Waals surface area contributed by atoms with Gasteiger partial charge in [-0.1, -0.05) is 59.8 Å². The van der Waals surface area contributed by atoms with E-state index < -0.39 is 5.41 Å². The second-order valence-electron chi connectivity index (χ2n) is 7.54. The van der Waals surface area contributed by atoms with E-state index in [1.165, 1.54) is 11.1 Å². The molecule has 2 aromatic carbocycles. The number of halogens is 1. The molecule has 152 valence electrons. The number of amides is 1. The standard InChI is InChI=1S/C22H25ClN4OS/c1-16-9-11-18(12-10-16)27-19(13-24-20(28)22(2,3)15-23)25-26-21(27)29-14-17-7-5-4-6-8-17/h4-12H,13-15H2,1-3H3,(H,24,28). The van der Waals surface area contributed by atoms with Crippen LogP contribution in [0.15, 0.2) is 59.8 Å². The van der Waals surface area contributed by atoms with Crippen LogP contribution in [0.3, 0.4) is 0 Å². The van der Waals surface area contributed by atoms with Gasteiger partial charge in [0.15, 0.2) is 11.0 Å². The Balaban J connectivity index is 1.85. The molecule has 0 atom stereocenters. The van der Waals surface area contributed by atoms with Crippen LogP contribution in [0.2, 0.25) is 0 Å². The first-order valence-electron chi connectivity index (χ1n) is 9.43. The van der Waals surface area contributed by atoms with Crippen molar-refractivity contribution < 1.29 is 4.79 Å². The summed E-state index contributed by atoms with van der Waals surface area (Å²) in [6.07, 6.45) is 0. The van der Waals surface area contributed by atoms with E-state index in [1.54, 1.807) is 11.8 Å². The van der Waals surface area contributed by atoms with E-state index in [1.807, 2.05) is 48.7 Å². The molecule has 0 aliphatic rings. The minimum Gasteiger partial charge on any atom is -0.348 e. The van der Waals surface area contributed by atoms with Crippen molar-refractivity contribution in [2.75, 3.05) is 5.88 Å². The highest BCUT2D eigenvalue weighted by molar-refractivity contribution is 7.98. The number of benzene rings is 2. The molecule has 3 aromatic rings. The molecule has 0 unspecified atom stereocenters. The molecule has 0 aliphatic heterocycles. The highest BCUT2D eigenvalue weighted by Gasteiger charge is 2.27. The van der Waals surface area contributed by atoms with Crippen LogP contribution < -0.4 is 5.32 Å². The van der Waals surface area contributed by atoms with Crippen LogP contribution in [0.1, 0.15) is 30.8 Å². The van der Waals surface area contributed by atoms with Crippen molar-refractivity contribution in [3.63, 3.8) is 0 Å². The minimum atomic E-state index is -0.638. The van der Waals surface area contributed by atoms with Crippen LogP contribution in [-0.2, 0) is 17.1 Å². The van der Waals surface area contributed by atoms with E-state index in [0.29, 0.717) is 5.82 Å². The van der Waals surface area contributed by atoms with Crippen molar-refractivity contribution in [1.29, 1.82) is 0 Å². The molecule has 7 heteroatoms. The summed E-state index contributed by atoms with van der Waals surface area (Å²) in [6, 6.07) is 18.4. The van der Waals surface area contributed by atoms with Gasteiger partial charge in [0, 0.05) is 17.3 Å². The third kappa shape index (κ3) is 5.40. The Labute approximate surface area is 180 Å². The fourth-order valence-corrected chi connectivity index (χ4v) is 3.69. The lowest BCUT2D eigenvalue weighted by Gasteiger charge is -2.20. The maximum Gasteiger partial charge on any atom is 0.227 e. The zero-order chi connectivity index (χ0) is 20.9. The summed E-state index contributed by atoms with van der Waals surface area (Å²) >= 11 is 7.54. The average Bonchev–Trinajstić information content (AvgIpc) is 3.14. The van der Waals surface area contributed by atoms with Gasteiger partial charge in [0.25, 0.3) is 0 Å². The topological polar surface area (TPSA) is 59.8 Å². The van der Waals surface area contributed by atoms with Crippen molar-refractivity contribution in [2.45, 2.75) is 38.2 Å². The van der Waals surface area contributed by atoms with Crippen molar-refractivity contribution in [1.82, 2.24) is 20.1 Å². The van der Waals surface area contributed by atoms with E-state index in [0.717, 1.165) is 16.6 Å². The number of rotatable bonds is 8. The maximum absolute atomic E-state index is 12.4. The third-order valence-corrected chi connectivity index (χ3v) is 6.23. The number of nitrogens with zero attached hydrogens (tertiary/aromatic N) is 3. The summed E-state index contributed by atoms with van der Waals surface area (Å²) in [6.45, 7) is 5.98. The van der Waals surface area contributed by atoms with Gasteiger partial charge in [0.05, 0.1) is 12.0 Å². The second-order valence-corrected chi connectivity index (χ2v) is 8.75. The van der Waals surface area contributed by atoms with Crippen molar-refractivity contribution in [2.24, 2.45) is 5.41 Å². The molecule has 1 heterocycles. The van der Waals surface area contributed by atoms with Gasteiger partial charge in [-0.3, -0.25) is 9.36 Å². The fourth-order valence-electron chi connectivity index (χ4n) is 2.64. The highest BCUT2D eigenvalue weighted by atomic mass is 35.5. The number of aryl methyl sites for hydroxylation is 1. The highest BCUT2D eigenvalue weighted by Crippen LogP contribution is 2.26. The van der Waals surface area contributed by atoms with Gasteiger partial charge >= 0.3 is 0 Å². The molecule has 0 saturated carbocycles. The lowest BCUT2D eigenvalue weighted by Crippen LogP contribution is -2.38. The lowest BCUT2D eigenvalue weighted by atomic mass is 9.95. The number of nitrogens with one attached hydrogen (secondary N) is 1. The second kappa shape index (κ2) is 9.46. The number of hydrogen-bond acceptors (Lipinski definition) is 4. The SMILES string of the molecule is Cc1ccc(-n2c(CNC(=O)C(C)(C)CCl)nnc2SCc2ccccc2)cc1. The Morgan fingerprint density at radius 2 is 1.79 bits per heavy atom. The zero-order valence-electron chi connectivity index (χ0n) is 16.9. The van der Waals surface area contributed by atoms with Crippen molar-refractivity contribution in [3.05, 3.63) is 71.5 Å². The van der Waals surface area contributed by atoms with E-state index >= 15 is 0 Å². The first-order chi connectivity index (χ1) is 13.9. The summed E-state index contributed by atoms with van der Waals surface area (Å²) in [4.78, 5) is 12.4. The fraction of sp³-hybridized carbons (Fsp3) is 0.318. The number of alkyl halides is 1. The van der Waals surface area contributed by atoms with Gasteiger partial charge in [0.1, 0.15) is 0 Å². The number of carbonyl (C=O) groups is 1. The first-order valence-corrected chi connectivity index (χ1v) is 10.9. The van der Waals surface area contributed by atoms with Gasteiger partial charge in [0.2, 0.25) is 5.91 Å². The van der Waals surface area contributed by atoms with E-state index in [9.17, 15) is 4.79 Å². The summed E-state index contributed by atoms with van der Waals surface area (Å²) in [5.41, 5.74) is 2.73. The zero-order valence-corrected chi connectivity index (χ0v) is 18.4. The molecule has 0 radical (unpaired) electrons. The molecule has 0 aliphatic carbocycles. The Hall–Kier alpha value is -2.31. The summed E-state index contributed by atoms with van der Waals surface area (Å²) < 4.78 is 2.00. The number of carbonyl (C=O) groups excluding carboxylic acids is 1. The Morgan fingerprint density at radius 1 is 1.10 bits per heavy atom. The quantitative estimate of drug-likeness (QED) is 0.415. The number of aromatic nitrogens is 3. The molecule has 1 aromatic heterocycles. The third-order valence-electron chi connectivity index (χ3n) is 4.56. The molecule has 5 nitrogen and oxygen atoms in total. The number of thioether (sulfide) groups is 1. The van der Waals surface area contributed by atoms with E-state index in [-0.39, 0.29) is 18.3 Å². The molecule has 0 spiro atoms. The van der Waals surface area contributed by atoms with Crippen LogP contribution in [0.5, 0.6) is 0 Å². The van der Waals surface area contributed by atoms with Gasteiger partial charge in [-0.15, -0.1) is 21.8 Å². The maximum atomic E-state index is 12.4. The Bertz CT molecular complexity index is 955. The molecule has 0 fully saturated rings. The van der Waals surface area contributed by atoms with Gasteiger partial charge < -0.3 is 5.32 Å². The molecule has 29 heavy (non-hydrogen) atoms. The van der Waals surface area contributed by atoms with Crippen LogP contribution in [-0.4, -0.2) is 26.6 Å². The number of hydrogen-bond donors (Lipinski definition) is 1. The van der Waals surface area contributed by atoms with Crippen LogP contribution >= 0.6 is 23.4 Å². The van der Waals surface area contributed by atoms with Crippen LogP contribution in [0.25, 0.3) is 5.69 Å². The average molecular weight is 429 g/mol. The van der Waals surface area contributed by atoms with Crippen molar-refractivity contribution in [3.8, 4) is 5.69 Å². The van der Waals surface area contributed by atoms with Gasteiger partial charge in [-0.25, -0.2) is 0 Å².